The van der Waals surface area contributed by atoms with Crippen LogP contribution in [0, 0.1) is 0 Å². The van der Waals surface area contributed by atoms with Crippen LogP contribution in [0.1, 0.15) is 55.2 Å². The van der Waals surface area contributed by atoms with E-state index in [2.05, 4.69) is 63.7 Å². The van der Waals surface area contributed by atoms with Crippen LogP contribution in [0.2, 0.25) is 0 Å². The SMILES string of the molecule is O=C(CC(c1ccccc1)c1ccccc1)N1C2CCC1CC(n1ccnn1)C2. The minimum atomic E-state index is 0.0948. The normalized spacial score (nSPS) is 23.5. The monoisotopic (exact) mass is 386 g/mol. The highest BCUT2D eigenvalue weighted by molar-refractivity contribution is 5.79. The van der Waals surface area contributed by atoms with Crippen molar-refractivity contribution in [1.82, 2.24) is 19.9 Å². The van der Waals surface area contributed by atoms with Gasteiger partial charge in [0.15, 0.2) is 0 Å². The zero-order valence-electron chi connectivity index (χ0n) is 16.5. The van der Waals surface area contributed by atoms with Gasteiger partial charge >= 0.3 is 0 Å². The Morgan fingerprint density at radius 2 is 1.48 bits per heavy atom. The molecule has 3 aromatic rings. The molecule has 1 amide bonds. The summed E-state index contributed by atoms with van der Waals surface area (Å²) < 4.78 is 1.98. The smallest absolute Gasteiger partial charge is 0.224 e. The van der Waals surface area contributed by atoms with Gasteiger partial charge in [-0.05, 0) is 36.8 Å². The van der Waals surface area contributed by atoms with E-state index in [1.54, 1.807) is 6.20 Å². The van der Waals surface area contributed by atoms with Gasteiger partial charge in [-0.2, -0.15) is 0 Å². The molecule has 0 saturated carbocycles. The van der Waals surface area contributed by atoms with Gasteiger partial charge in [-0.1, -0.05) is 65.9 Å². The first-order valence-corrected chi connectivity index (χ1v) is 10.6. The number of carbonyl (C=O) groups excluding carboxylic acids is 1. The lowest BCUT2D eigenvalue weighted by atomic mass is 9.87. The second-order valence-corrected chi connectivity index (χ2v) is 8.27. The van der Waals surface area contributed by atoms with E-state index < -0.39 is 0 Å². The molecular weight excluding hydrogens is 360 g/mol. The molecule has 148 valence electrons. The highest BCUT2D eigenvalue weighted by atomic mass is 16.2. The number of rotatable bonds is 5. The van der Waals surface area contributed by atoms with Crippen LogP contribution >= 0.6 is 0 Å². The molecule has 0 aliphatic carbocycles. The Labute approximate surface area is 171 Å². The molecular formula is C24H26N4O. The quantitative estimate of drug-likeness (QED) is 0.660. The molecule has 2 unspecified atom stereocenters. The summed E-state index contributed by atoms with van der Waals surface area (Å²) in [6.07, 6.45) is 8.37. The number of fused-ring (bicyclic) bond motifs is 2. The van der Waals surface area contributed by atoms with Gasteiger partial charge < -0.3 is 4.90 Å². The van der Waals surface area contributed by atoms with Gasteiger partial charge in [0.1, 0.15) is 0 Å². The fourth-order valence-corrected chi connectivity index (χ4v) is 5.26. The maximum atomic E-state index is 13.5. The van der Waals surface area contributed by atoms with Crippen molar-refractivity contribution in [3.05, 3.63) is 84.2 Å². The highest BCUT2D eigenvalue weighted by Crippen LogP contribution is 2.42. The van der Waals surface area contributed by atoms with Crippen LogP contribution in [0.3, 0.4) is 0 Å². The van der Waals surface area contributed by atoms with E-state index in [4.69, 9.17) is 0 Å². The van der Waals surface area contributed by atoms with Crippen LogP contribution in [0.25, 0.3) is 0 Å². The number of aromatic nitrogens is 3. The van der Waals surface area contributed by atoms with Gasteiger partial charge in [0, 0.05) is 30.6 Å². The molecule has 5 nitrogen and oxygen atoms in total. The van der Waals surface area contributed by atoms with Gasteiger partial charge in [-0.25, -0.2) is 4.68 Å². The zero-order chi connectivity index (χ0) is 19.6. The van der Waals surface area contributed by atoms with E-state index >= 15 is 0 Å². The first-order chi connectivity index (χ1) is 14.3. The van der Waals surface area contributed by atoms with E-state index in [0.29, 0.717) is 24.5 Å². The summed E-state index contributed by atoms with van der Waals surface area (Å²) in [5, 5.41) is 8.16. The maximum absolute atomic E-state index is 13.5. The molecule has 5 heteroatoms. The summed E-state index contributed by atoms with van der Waals surface area (Å²) >= 11 is 0. The van der Waals surface area contributed by atoms with Gasteiger partial charge in [-0.3, -0.25) is 4.79 Å². The Morgan fingerprint density at radius 3 is 2.00 bits per heavy atom. The lowest BCUT2D eigenvalue weighted by Gasteiger charge is -2.39. The second kappa shape index (κ2) is 7.82. The molecule has 2 aromatic carbocycles. The van der Waals surface area contributed by atoms with Crippen LogP contribution < -0.4 is 0 Å². The van der Waals surface area contributed by atoms with Crippen molar-refractivity contribution in [2.45, 2.75) is 56.1 Å². The first-order valence-electron chi connectivity index (χ1n) is 10.6. The molecule has 3 heterocycles. The molecule has 0 radical (unpaired) electrons. The molecule has 1 aromatic heterocycles. The Balaban J connectivity index is 1.36. The van der Waals surface area contributed by atoms with E-state index in [-0.39, 0.29) is 11.8 Å². The van der Waals surface area contributed by atoms with Crippen molar-refractivity contribution in [2.75, 3.05) is 0 Å². The molecule has 0 N–H and O–H groups in total. The molecule has 2 atom stereocenters. The third kappa shape index (κ3) is 3.57. The van der Waals surface area contributed by atoms with Crippen molar-refractivity contribution in [3.8, 4) is 0 Å². The Morgan fingerprint density at radius 1 is 0.897 bits per heavy atom. The topological polar surface area (TPSA) is 51.0 Å². The number of hydrogen-bond acceptors (Lipinski definition) is 3. The van der Waals surface area contributed by atoms with Crippen LogP contribution in [0.5, 0.6) is 0 Å². The van der Waals surface area contributed by atoms with E-state index in [1.165, 1.54) is 11.1 Å². The molecule has 2 aliphatic rings. The van der Waals surface area contributed by atoms with Gasteiger partial charge in [0.25, 0.3) is 0 Å². The summed E-state index contributed by atoms with van der Waals surface area (Å²) in [6, 6.07) is 21.8. The van der Waals surface area contributed by atoms with Gasteiger partial charge in [-0.15, -0.1) is 5.10 Å². The largest absolute Gasteiger partial charge is 0.337 e. The lowest BCUT2D eigenvalue weighted by Crippen LogP contribution is -2.47. The lowest BCUT2D eigenvalue weighted by molar-refractivity contribution is -0.136. The summed E-state index contributed by atoms with van der Waals surface area (Å²) in [5.41, 5.74) is 2.41. The van der Waals surface area contributed by atoms with Crippen LogP contribution in [-0.4, -0.2) is 37.9 Å². The maximum Gasteiger partial charge on any atom is 0.224 e. The Hall–Kier alpha value is -2.95. The molecule has 29 heavy (non-hydrogen) atoms. The number of hydrogen-bond donors (Lipinski definition) is 0. The summed E-state index contributed by atoms with van der Waals surface area (Å²) in [7, 11) is 0. The number of carbonyl (C=O) groups is 1. The van der Waals surface area contributed by atoms with Crippen LogP contribution in [0.4, 0.5) is 0 Å². The first kappa shape index (κ1) is 18.1. The average Bonchev–Trinajstić information content (AvgIpc) is 3.40. The Bertz CT molecular complexity index is 888. The minimum Gasteiger partial charge on any atom is -0.337 e. The van der Waals surface area contributed by atoms with Crippen LogP contribution in [0.15, 0.2) is 73.1 Å². The van der Waals surface area contributed by atoms with E-state index in [0.717, 1.165) is 25.7 Å². The van der Waals surface area contributed by atoms with Crippen molar-refractivity contribution in [3.63, 3.8) is 0 Å². The minimum absolute atomic E-state index is 0.0948. The predicted molar refractivity (Wildman–Crippen MR) is 111 cm³/mol. The molecule has 0 spiro atoms. The third-order valence-corrected chi connectivity index (χ3v) is 6.59. The highest BCUT2D eigenvalue weighted by Gasteiger charge is 2.44. The predicted octanol–water partition coefficient (Wildman–Crippen LogP) is 4.19. The number of amides is 1. The third-order valence-electron chi connectivity index (χ3n) is 6.59. The molecule has 2 fully saturated rings. The average molecular weight is 386 g/mol. The van der Waals surface area contributed by atoms with Crippen molar-refractivity contribution < 1.29 is 4.79 Å². The van der Waals surface area contributed by atoms with Gasteiger partial charge in [0.2, 0.25) is 5.91 Å². The standard InChI is InChI=1S/C24H26N4O/c29-24(17-23(18-7-3-1-4-8-18)19-9-5-2-6-10-19)28-20-11-12-21(28)16-22(15-20)27-14-13-25-26-27/h1-10,13-14,20-23H,11-12,15-17H2. The summed E-state index contributed by atoms with van der Waals surface area (Å²) in [4.78, 5) is 15.7. The molecule has 2 aliphatic heterocycles. The van der Waals surface area contributed by atoms with E-state index in [1.807, 2.05) is 23.0 Å². The molecule has 2 saturated heterocycles. The number of piperidine rings is 1. The van der Waals surface area contributed by atoms with Crippen molar-refractivity contribution >= 4 is 5.91 Å². The fourth-order valence-electron chi connectivity index (χ4n) is 5.26. The fraction of sp³-hybridized carbons (Fsp3) is 0.375. The van der Waals surface area contributed by atoms with Crippen LogP contribution in [-0.2, 0) is 4.79 Å². The molecule has 5 rings (SSSR count). The van der Waals surface area contributed by atoms with E-state index in [9.17, 15) is 4.79 Å². The zero-order valence-corrected chi connectivity index (χ0v) is 16.5. The summed E-state index contributed by atoms with van der Waals surface area (Å²) in [5.74, 6) is 0.379. The van der Waals surface area contributed by atoms with Gasteiger partial charge in [0.05, 0.1) is 12.2 Å². The second-order valence-electron chi connectivity index (χ2n) is 8.27. The summed E-state index contributed by atoms with van der Waals surface area (Å²) in [6.45, 7) is 0. The number of nitrogens with zero attached hydrogens (tertiary/aromatic N) is 4. The number of benzene rings is 2. The molecule has 2 bridgehead atoms. The Kier molecular flexibility index (Phi) is 4.88. The van der Waals surface area contributed by atoms with Crippen molar-refractivity contribution in [2.24, 2.45) is 0 Å². The van der Waals surface area contributed by atoms with Crippen molar-refractivity contribution in [1.29, 1.82) is 0 Å².